The summed E-state index contributed by atoms with van der Waals surface area (Å²) in [6, 6.07) is 13.9. The van der Waals surface area contributed by atoms with Crippen molar-refractivity contribution in [1.29, 1.82) is 0 Å². The first kappa shape index (κ1) is 14.1. The number of fused-ring (bicyclic) bond motifs is 5. The summed E-state index contributed by atoms with van der Waals surface area (Å²) in [5.74, 6) is 2.11. The summed E-state index contributed by atoms with van der Waals surface area (Å²) in [4.78, 5) is 0. The van der Waals surface area contributed by atoms with E-state index in [0.29, 0.717) is 11.8 Å². The molecule has 0 saturated carbocycles. The average molecular weight is 290 g/mol. The third kappa shape index (κ3) is 2.04. The van der Waals surface area contributed by atoms with E-state index in [1.54, 1.807) is 22.3 Å². The van der Waals surface area contributed by atoms with Gasteiger partial charge in [-0.15, -0.1) is 0 Å². The molecule has 2 aliphatic rings. The van der Waals surface area contributed by atoms with E-state index < -0.39 is 0 Å². The van der Waals surface area contributed by atoms with E-state index >= 15 is 0 Å². The second-order valence-corrected chi connectivity index (χ2v) is 7.59. The summed E-state index contributed by atoms with van der Waals surface area (Å²) in [6.07, 6.45) is 5.24. The predicted octanol–water partition coefficient (Wildman–Crippen LogP) is 6.09. The van der Waals surface area contributed by atoms with Crippen molar-refractivity contribution in [3.8, 4) is 11.1 Å². The summed E-state index contributed by atoms with van der Waals surface area (Å²) in [7, 11) is 0. The first-order chi connectivity index (χ1) is 10.7. The minimum Gasteiger partial charge on any atom is -0.0622 e. The molecule has 0 aromatic heterocycles. The molecular formula is C22H26. The van der Waals surface area contributed by atoms with Gasteiger partial charge in [0.25, 0.3) is 0 Å². The highest BCUT2D eigenvalue weighted by Crippen LogP contribution is 2.46. The maximum Gasteiger partial charge on any atom is -0.00919 e. The fraction of sp³-hybridized carbons (Fsp3) is 0.455. The van der Waals surface area contributed by atoms with Crippen LogP contribution in [0.3, 0.4) is 0 Å². The maximum absolute atomic E-state index is 2.42. The Morgan fingerprint density at radius 2 is 1.73 bits per heavy atom. The smallest absolute Gasteiger partial charge is 0.00919 e. The molecule has 0 fully saturated rings. The minimum atomic E-state index is 0.674. The van der Waals surface area contributed by atoms with Gasteiger partial charge in [0.2, 0.25) is 0 Å². The molecule has 0 radical (unpaired) electrons. The van der Waals surface area contributed by atoms with Crippen molar-refractivity contribution in [2.45, 2.75) is 58.3 Å². The van der Waals surface area contributed by atoms with Crippen molar-refractivity contribution in [3.05, 3.63) is 58.7 Å². The van der Waals surface area contributed by atoms with E-state index in [1.165, 1.54) is 36.8 Å². The summed E-state index contributed by atoms with van der Waals surface area (Å²) in [5, 5.41) is 0. The van der Waals surface area contributed by atoms with Gasteiger partial charge in [0.05, 0.1) is 0 Å². The molecule has 0 nitrogen and oxygen atoms in total. The second-order valence-electron chi connectivity index (χ2n) is 7.59. The number of benzene rings is 2. The van der Waals surface area contributed by atoms with E-state index in [1.807, 2.05) is 0 Å². The number of hydrogen-bond donors (Lipinski definition) is 0. The minimum absolute atomic E-state index is 0.674. The van der Waals surface area contributed by atoms with Crippen molar-refractivity contribution in [2.24, 2.45) is 5.92 Å². The predicted molar refractivity (Wildman–Crippen MR) is 94.5 cm³/mol. The normalized spacial score (nSPS) is 22.9. The summed E-state index contributed by atoms with van der Waals surface area (Å²) >= 11 is 0. The third-order valence-corrected chi connectivity index (χ3v) is 5.94. The van der Waals surface area contributed by atoms with Gasteiger partial charge in [0.1, 0.15) is 0 Å². The quantitative estimate of drug-likeness (QED) is 0.596. The van der Waals surface area contributed by atoms with Gasteiger partial charge < -0.3 is 0 Å². The Labute approximate surface area is 134 Å². The van der Waals surface area contributed by atoms with Gasteiger partial charge in [-0.05, 0) is 76.8 Å². The zero-order valence-corrected chi connectivity index (χ0v) is 14.0. The molecule has 114 valence electrons. The Kier molecular flexibility index (Phi) is 3.36. The molecule has 0 bridgehead atoms. The first-order valence-corrected chi connectivity index (χ1v) is 8.90. The highest BCUT2D eigenvalue weighted by molar-refractivity contribution is 5.76. The van der Waals surface area contributed by atoms with Crippen LogP contribution in [0.5, 0.6) is 0 Å². The molecule has 0 spiro atoms. The van der Waals surface area contributed by atoms with Gasteiger partial charge in [-0.2, -0.15) is 0 Å². The van der Waals surface area contributed by atoms with E-state index in [2.05, 4.69) is 57.2 Å². The molecule has 2 aromatic carbocycles. The van der Waals surface area contributed by atoms with Crippen molar-refractivity contribution in [3.63, 3.8) is 0 Å². The molecule has 0 heteroatoms. The summed E-state index contributed by atoms with van der Waals surface area (Å²) in [6.45, 7) is 7.16. The van der Waals surface area contributed by atoms with Crippen LogP contribution in [-0.4, -0.2) is 0 Å². The molecule has 2 aliphatic carbocycles. The van der Waals surface area contributed by atoms with Gasteiger partial charge in [-0.1, -0.05) is 57.2 Å². The molecular weight excluding hydrogens is 264 g/mol. The van der Waals surface area contributed by atoms with Crippen LogP contribution in [0.15, 0.2) is 36.4 Å². The molecule has 0 N–H and O–H groups in total. The lowest BCUT2D eigenvalue weighted by molar-refractivity contribution is 0.487. The van der Waals surface area contributed by atoms with Crippen LogP contribution in [0, 0.1) is 5.92 Å². The van der Waals surface area contributed by atoms with Gasteiger partial charge in [-0.3, -0.25) is 0 Å². The molecule has 0 heterocycles. The van der Waals surface area contributed by atoms with Crippen LogP contribution in [0.1, 0.15) is 67.7 Å². The van der Waals surface area contributed by atoms with E-state index in [9.17, 15) is 0 Å². The van der Waals surface area contributed by atoms with Crippen molar-refractivity contribution < 1.29 is 0 Å². The molecule has 2 aromatic rings. The summed E-state index contributed by atoms with van der Waals surface area (Å²) < 4.78 is 0. The lowest BCUT2D eigenvalue weighted by Crippen LogP contribution is -2.20. The Balaban J connectivity index is 1.95. The third-order valence-electron chi connectivity index (χ3n) is 5.94. The Hall–Kier alpha value is -1.56. The van der Waals surface area contributed by atoms with Crippen LogP contribution >= 0.6 is 0 Å². The second kappa shape index (κ2) is 5.26. The monoisotopic (exact) mass is 290 g/mol. The Morgan fingerprint density at radius 3 is 2.55 bits per heavy atom. The molecule has 2 unspecified atom stereocenters. The van der Waals surface area contributed by atoms with E-state index in [4.69, 9.17) is 0 Å². The Bertz CT molecular complexity index is 708. The summed E-state index contributed by atoms with van der Waals surface area (Å²) in [5.41, 5.74) is 9.56. The van der Waals surface area contributed by atoms with Crippen LogP contribution < -0.4 is 0 Å². The van der Waals surface area contributed by atoms with Gasteiger partial charge in [0.15, 0.2) is 0 Å². The molecule has 22 heavy (non-hydrogen) atoms. The number of rotatable bonds is 1. The van der Waals surface area contributed by atoms with Crippen molar-refractivity contribution in [1.82, 2.24) is 0 Å². The fourth-order valence-corrected chi connectivity index (χ4v) is 4.68. The first-order valence-electron chi connectivity index (χ1n) is 8.90. The molecule has 4 rings (SSSR count). The SMILES string of the molecule is CC1CCCc2c1ccc1c2CC(C(C)C)c2ccccc2-1. The van der Waals surface area contributed by atoms with Gasteiger partial charge in [-0.25, -0.2) is 0 Å². The zero-order chi connectivity index (χ0) is 15.3. The van der Waals surface area contributed by atoms with Crippen LogP contribution in [-0.2, 0) is 12.8 Å². The van der Waals surface area contributed by atoms with Crippen LogP contribution in [0.2, 0.25) is 0 Å². The van der Waals surface area contributed by atoms with Gasteiger partial charge >= 0.3 is 0 Å². The number of hydrogen-bond acceptors (Lipinski definition) is 0. The lowest BCUT2D eigenvalue weighted by atomic mass is 9.70. The van der Waals surface area contributed by atoms with Crippen molar-refractivity contribution >= 4 is 0 Å². The molecule has 0 aliphatic heterocycles. The van der Waals surface area contributed by atoms with Crippen LogP contribution in [0.4, 0.5) is 0 Å². The lowest BCUT2D eigenvalue weighted by Gasteiger charge is -2.34. The average Bonchev–Trinajstić information content (AvgIpc) is 2.54. The highest BCUT2D eigenvalue weighted by Gasteiger charge is 2.30. The van der Waals surface area contributed by atoms with E-state index in [-0.39, 0.29) is 0 Å². The largest absolute Gasteiger partial charge is 0.0622 e. The maximum atomic E-state index is 2.42. The fourth-order valence-electron chi connectivity index (χ4n) is 4.68. The van der Waals surface area contributed by atoms with Crippen molar-refractivity contribution in [2.75, 3.05) is 0 Å². The topological polar surface area (TPSA) is 0 Å². The van der Waals surface area contributed by atoms with E-state index in [0.717, 1.165) is 5.92 Å². The highest BCUT2D eigenvalue weighted by atomic mass is 14.3. The molecule has 0 saturated heterocycles. The van der Waals surface area contributed by atoms with Gasteiger partial charge in [0, 0.05) is 0 Å². The molecule has 2 atom stereocenters. The Morgan fingerprint density at radius 1 is 0.909 bits per heavy atom. The standard InChI is InChI=1S/C22H26/c1-14(2)21-13-22-17-10-6-7-15(3)16(17)11-12-20(22)18-8-4-5-9-19(18)21/h4-5,8-9,11-12,14-15,21H,6-7,10,13H2,1-3H3. The zero-order valence-electron chi connectivity index (χ0n) is 14.0. The van der Waals surface area contributed by atoms with Crippen LogP contribution in [0.25, 0.3) is 11.1 Å². The molecule has 0 amide bonds.